The highest BCUT2D eigenvalue weighted by atomic mass is 32.2. The molecule has 1 saturated heterocycles. The number of pyridine rings is 1. The second kappa shape index (κ2) is 15.3. The van der Waals surface area contributed by atoms with Gasteiger partial charge in [0, 0.05) is 32.4 Å². The summed E-state index contributed by atoms with van der Waals surface area (Å²) in [6.07, 6.45) is 8.72. The number of likely N-dealkylation sites (tertiary alicyclic amines) is 1. The van der Waals surface area contributed by atoms with Crippen molar-refractivity contribution >= 4 is 39.6 Å². The Bertz CT molecular complexity index is 1670. The van der Waals surface area contributed by atoms with Gasteiger partial charge in [0.05, 0.1) is 6.04 Å². The average molecular weight is 758 g/mol. The summed E-state index contributed by atoms with van der Waals surface area (Å²) in [6, 6.07) is 0.440. The van der Waals surface area contributed by atoms with Gasteiger partial charge in [0.25, 0.3) is 15.9 Å². The first-order chi connectivity index (χ1) is 24.7. The monoisotopic (exact) mass is 757 g/mol. The molecule has 0 radical (unpaired) electrons. The third-order valence-corrected chi connectivity index (χ3v) is 14.5. The van der Waals surface area contributed by atoms with Crippen molar-refractivity contribution < 1.29 is 32.4 Å². The molecule has 15 heteroatoms. The number of Topliss-reactive ketones (excluding diaryl/α,β-unsaturated/α-hetero) is 1. The van der Waals surface area contributed by atoms with E-state index in [1.807, 2.05) is 27.7 Å². The molecule has 1 aromatic heterocycles. The van der Waals surface area contributed by atoms with E-state index < -0.39 is 68.6 Å². The van der Waals surface area contributed by atoms with Crippen molar-refractivity contribution in [1.82, 2.24) is 30.1 Å². The molecule has 5 N–H and O–H groups in total. The maximum absolute atomic E-state index is 14.9. The van der Waals surface area contributed by atoms with E-state index in [0.29, 0.717) is 25.8 Å². The molecule has 5 amide bonds. The number of nitrogens with two attached hydrogens (primary N) is 1. The normalized spacial score (nSPS) is 25.3. The van der Waals surface area contributed by atoms with Crippen molar-refractivity contribution in [3.63, 3.8) is 0 Å². The number of urea groups is 1. The van der Waals surface area contributed by atoms with E-state index in [4.69, 9.17) is 5.73 Å². The first kappa shape index (κ1) is 40.6. The van der Waals surface area contributed by atoms with Crippen LogP contribution < -0.4 is 21.7 Å². The number of carbonyl (C=O) groups is 5. The van der Waals surface area contributed by atoms with Crippen LogP contribution in [-0.4, -0.2) is 96.4 Å². The standard InChI is InChI=1S/C38H59N7O7S/c1-36(2,3)26(22-44(7)53(51,52)27-16-9-12-19-40-27)42-35(50)43-31(38(6)17-10-8-11-18-38)34(49)45-21-24-28(37(24,4)5)29(45)33(48)41-25(30(46)32(39)47)20-23-14-13-15-23/h9,12,16,19,23-26,28-29,31H,8,10-11,13-15,17-18,20-22H2,1-7H3,(H2,39,47)(H,41,48)(H2,42,43,50)/t24-,25?,26+,28-,29-,31+/m0/s1. The summed E-state index contributed by atoms with van der Waals surface area (Å²) in [5, 5.41) is 8.71. The second-order valence-corrected chi connectivity index (χ2v) is 19.8. The van der Waals surface area contributed by atoms with E-state index in [-0.39, 0.29) is 40.6 Å². The molecule has 14 nitrogen and oxygen atoms in total. The van der Waals surface area contributed by atoms with Gasteiger partial charge in [-0.05, 0) is 65.4 Å². The number of aromatic nitrogens is 1. The fourth-order valence-electron chi connectivity index (χ4n) is 8.77. The zero-order chi connectivity index (χ0) is 39.1. The number of ketones is 1. The van der Waals surface area contributed by atoms with Crippen LogP contribution in [0.5, 0.6) is 0 Å². The number of carbonyl (C=O) groups excluding carboxylic acids is 5. The Kier molecular flexibility index (Phi) is 11.7. The highest BCUT2D eigenvalue weighted by molar-refractivity contribution is 7.89. The molecule has 3 aliphatic carbocycles. The lowest BCUT2D eigenvalue weighted by atomic mass is 9.70. The molecule has 53 heavy (non-hydrogen) atoms. The van der Waals surface area contributed by atoms with Gasteiger partial charge in [0.2, 0.25) is 17.6 Å². The summed E-state index contributed by atoms with van der Waals surface area (Å²) in [5.41, 5.74) is 3.98. The van der Waals surface area contributed by atoms with Gasteiger partial charge >= 0.3 is 6.03 Å². The quantitative estimate of drug-likeness (QED) is 0.208. The summed E-state index contributed by atoms with van der Waals surface area (Å²) in [5.74, 6) is -2.70. The van der Waals surface area contributed by atoms with E-state index >= 15 is 0 Å². The van der Waals surface area contributed by atoms with E-state index in [2.05, 4.69) is 34.8 Å². The maximum atomic E-state index is 14.9. The Labute approximate surface area is 314 Å². The van der Waals surface area contributed by atoms with Gasteiger partial charge in [-0.3, -0.25) is 19.2 Å². The van der Waals surface area contributed by atoms with Gasteiger partial charge in [-0.15, -0.1) is 0 Å². The minimum absolute atomic E-state index is 0.0506. The van der Waals surface area contributed by atoms with Crippen LogP contribution in [0.2, 0.25) is 0 Å². The van der Waals surface area contributed by atoms with E-state index in [1.165, 1.54) is 23.6 Å². The van der Waals surface area contributed by atoms with Crippen LogP contribution in [0.1, 0.15) is 99.3 Å². The van der Waals surface area contributed by atoms with Crippen molar-refractivity contribution in [2.24, 2.45) is 39.7 Å². The minimum Gasteiger partial charge on any atom is -0.363 e. The average Bonchev–Trinajstić information content (AvgIpc) is 3.37. The zero-order valence-electron chi connectivity index (χ0n) is 32.3. The largest absolute Gasteiger partial charge is 0.363 e. The number of primary amides is 1. The van der Waals surface area contributed by atoms with Crippen molar-refractivity contribution in [2.45, 2.75) is 129 Å². The first-order valence-corrected chi connectivity index (χ1v) is 20.5. The molecule has 0 aromatic carbocycles. The fourth-order valence-corrected chi connectivity index (χ4v) is 9.87. The van der Waals surface area contributed by atoms with E-state index in [0.717, 1.165) is 38.5 Å². The molecule has 1 aromatic rings. The van der Waals surface area contributed by atoms with Crippen LogP contribution in [-0.2, 0) is 29.2 Å². The molecule has 4 fully saturated rings. The lowest BCUT2D eigenvalue weighted by Gasteiger charge is -2.43. The molecular weight excluding hydrogens is 699 g/mol. The number of likely N-dealkylation sites (N-methyl/N-ethyl adjacent to an activating group) is 1. The summed E-state index contributed by atoms with van der Waals surface area (Å²) in [4.78, 5) is 73.5. The molecular formula is C38H59N7O7S. The lowest BCUT2D eigenvalue weighted by Crippen LogP contribution is -2.63. The molecule has 4 aliphatic rings. The molecule has 2 heterocycles. The molecule has 294 valence electrons. The van der Waals surface area contributed by atoms with Crippen LogP contribution >= 0.6 is 0 Å². The third kappa shape index (κ3) is 8.55. The zero-order valence-corrected chi connectivity index (χ0v) is 33.1. The molecule has 0 bridgehead atoms. The number of rotatable bonds is 14. The van der Waals surface area contributed by atoms with Crippen molar-refractivity contribution in [3.8, 4) is 0 Å². The molecule has 0 spiro atoms. The highest BCUT2D eigenvalue weighted by Gasteiger charge is 2.70. The lowest BCUT2D eigenvalue weighted by molar-refractivity contribution is -0.146. The SMILES string of the molecule is CN(C[C@@H](NC(=O)N[C@H](C(=O)N1C[C@H]2[C@@H]([C@H]1C(=O)NC(CC1CCC1)C(=O)C(N)=O)C2(C)C)C1(C)CCCCC1)C(C)(C)C)S(=O)(=O)c1ccccn1. The number of nitrogens with zero attached hydrogens (tertiary/aromatic N) is 3. The molecule has 6 atom stereocenters. The van der Waals surface area contributed by atoms with Crippen molar-refractivity contribution in [2.75, 3.05) is 20.1 Å². The van der Waals surface area contributed by atoms with Gasteiger partial charge in [-0.25, -0.2) is 18.2 Å². The van der Waals surface area contributed by atoms with Crippen LogP contribution in [0.4, 0.5) is 4.79 Å². The number of piperidine rings is 1. The van der Waals surface area contributed by atoms with Crippen molar-refractivity contribution in [1.29, 1.82) is 0 Å². The smallest absolute Gasteiger partial charge is 0.315 e. The Morgan fingerprint density at radius 3 is 2.21 bits per heavy atom. The summed E-state index contributed by atoms with van der Waals surface area (Å²) in [7, 11) is -2.51. The van der Waals surface area contributed by atoms with Crippen molar-refractivity contribution in [3.05, 3.63) is 24.4 Å². The van der Waals surface area contributed by atoms with Gasteiger partial charge in [0.1, 0.15) is 12.1 Å². The van der Waals surface area contributed by atoms with Gasteiger partial charge in [0.15, 0.2) is 5.03 Å². The topological polar surface area (TPSA) is 201 Å². The number of sulfonamides is 1. The number of nitrogens with one attached hydrogen (secondary N) is 3. The van der Waals surface area contributed by atoms with Crippen LogP contribution in [0.3, 0.4) is 0 Å². The second-order valence-electron chi connectivity index (χ2n) is 17.8. The highest BCUT2D eigenvalue weighted by Crippen LogP contribution is 2.65. The van der Waals surface area contributed by atoms with E-state index in [1.54, 1.807) is 17.0 Å². The third-order valence-electron chi connectivity index (χ3n) is 12.7. The molecule has 3 saturated carbocycles. The number of fused-ring (bicyclic) bond motifs is 1. The van der Waals surface area contributed by atoms with Gasteiger partial charge < -0.3 is 26.6 Å². The van der Waals surface area contributed by atoms with E-state index in [9.17, 15) is 32.4 Å². The van der Waals surface area contributed by atoms with Gasteiger partial charge in [-0.2, -0.15) is 4.31 Å². The van der Waals surface area contributed by atoms with Crippen LogP contribution in [0.15, 0.2) is 29.4 Å². The predicted octanol–water partition coefficient (Wildman–Crippen LogP) is 2.97. The van der Waals surface area contributed by atoms with Crippen LogP contribution in [0, 0.1) is 34.0 Å². The Hall–Kier alpha value is -3.59. The summed E-state index contributed by atoms with van der Waals surface area (Å²) < 4.78 is 27.8. The summed E-state index contributed by atoms with van der Waals surface area (Å²) in [6.45, 7) is 12.1. The Morgan fingerprint density at radius 1 is 1.00 bits per heavy atom. The molecule has 5 rings (SSSR count). The molecule has 1 unspecified atom stereocenters. The number of hydrogen-bond acceptors (Lipinski definition) is 8. The van der Waals surface area contributed by atoms with Crippen LogP contribution in [0.25, 0.3) is 0 Å². The predicted molar refractivity (Wildman–Crippen MR) is 198 cm³/mol. The number of amides is 5. The first-order valence-electron chi connectivity index (χ1n) is 19.1. The van der Waals surface area contributed by atoms with Gasteiger partial charge in [-0.1, -0.05) is 86.1 Å². The Morgan fingerprint density at radius 2 is 1.66 bits per heavy atom. The fraction of sp³-hybridized carbons (Fsp3) is 0.737. The Balaban J connectivity index is 1.38. The molecule has 1 aliphatic heterocycles. The maximum Gasteiger partial charge on any atom is 0.315 e. The minimum atomic E-state index is -3.95. The summed E-state index contributed by atoms with van der Waals surface area (Å²) >= 11 is 0. The number of hydrogen-bond donors (Lipinski definition) is 4.